The van der Waals surface area contributed by atoms with Crippen molar-refractivity contribution >= 4 is 11.7 Å². The van der Waals surface area contributed by atoms with Crippen LogP contribution in [0.3, 0.4) is 0 Å². The number of methoxy groups -OCH3 is 1. The molecule has 13 heteroatoms. The third kappa shape index (κ3) is 5.24. The Labute approximate surface area is 204 Å². The fraction of sp³-hybridized carbons (Fsp3) is 0.348. The second kappa shape index (κ2) is 10.2. The second-order valence-corrected chi connectivity index (χ2v) is 8.01. The zero-order valence-electron chi connectivity index (χ0n) is 19.8. The minimum atomic E-state index is -4.68. The molecule has 0 aliphatic heterocycles. The minimum absolute atomic E-state index is 0.189. The molecule has 2 unspecified atom stereocenters. The van der Waals surface area contributed by atoms with Crippen molar-refractivity contribution in [3.05, 3.63) is 60.8 Å². The van der Waals surface area contributed by atoms with Gasteiger partial charge >= 0.3 is 12.2 Å². The second-order valence-electron chi connectivity index (χ2n) is 8.01. The number of amides is 2. The van der Waals surface area contributed by atoms with Crippen molar-refractivity contribution in [2.24, 2.45) is 0 Å². The Hall–Kier alpha value is -4.16. The number of halogens is 3. The summed E-state index contributed by atoms with van der Waals surface area (Å²) in [5, 5.41) is 9.52. The van der Waals surface area contributed by atoms with E-state index >= 15 is 0 Å². The van der Waals surface area contributed by atoms with Crippen molar-refractivity contribution < 1.29 is 22.7 Å². The first kappa shape index (κ1) is 24.9. The van der Waals surface area contributed by atoms with E-state index in [0.717, 1.165) is 15.9 Å². The number of nitrogens with zero attached hydrogens (tertiary/aromatic N) is 7. The van der Waals surface area contributed by atoms with Crippen LogP contribution >= 0.6 is 0 Å². The van der Waals surface area contributed by atoms with Crippen LogP contribution in [0.25, 0.3) is 16.9 Å². The molecule has 1 aromatic carbocycles. The van der Waals surface area contributed by atoms with Crippen LogP contribution in [-0.4, -0.2) is 66.2 Å². The number of rotatable bonds is 8. The van der Waals surface area contributed by atoms with Crippen molar-refractivity contribution in [1.29, 1.82) is 0 Å². The summed E-state index contributed by atoms with van der Waals surface area (Å²) in [5.74, 6) is 0.357. The van der Waals surface area contributed by atoms with Crippen LogP contribution in [0.4, 0.5) is 18.0 Å². The zero-order valence-corrected chi connectivity index (χ0v) is 19.8. The lowest BCUT2D eigenvalue weighted by Crippen LogP contribution is -2.53. The SMILES string of the molecule is CCN(C(=O)NC(Cn1nccn1)C(F)(F)F)C(C)c1cccc(-c2cn3ccnc3c(OC)n2)c1. The summed E-state index contributed by atoms with van der Waals surface area (Å²) in [7, 11) is 1.51. The molecule has 0 radical (unpaired) electrons. The van der Waals surface area contributed by atoms with Crippen LogP contribution in [-0.2, 0) is 6.54 Å². The number of carbonyl (C=O) groups is 1. The fourth-order valence-corrected chi connectivity index (χ4v) is 3.87. The minimum Gasteiger partial charge on any atom is -0.478 e. The molecule has 10 nitrogen and oxygen atoms in total. The molecule has 2 amide bonds. The van der Waals surface area contributed by atoms with E-state index in [1.165, 1.54) is 24.4 Å². The number of hydrogen-bond donors (Lipinski definition) is 1. The van der Waals surface area contributed by atoms with Gasteiger partial charge in [-0.15, -0.1) is 0 Å². The molecular formula is C23H25F3N8O2. The van der Waals surface area contributed by atoms with E-state index in [1.807, 2.05) is 18.2 Å². The first-order valence-electron chi connectivity index (χ1n) is 11.2. The average Bonchev–Trinajstić information content (AvgIpc) is 3.55. The van der Waals surface area contributed by atoms with E-state index in [0.29, 0.717) is 17.2 Å². The molecule has 0 aliphatic rings. The summed E-state index contributed by atoms with van der Waals surface area (Å²) in [6.45, 7) is 3.02. The lowest BCUT2D eigenvalue weighted by molar-refractivity contribution is -0.157. The molecule has 0 spiro atoms. The number of nitrogens with one attached hydrogen (secondary N) is 1. The quantitative estimate of drug-likeness (QED) is 0.394. The summed E-state index contributed by atoms with van der Waals surface area (Å²) in [4.78, 5) is 23.9. The predicted molar refractivity (Wildman–Crippen MR) is 124 cm³/mol. The molecular weight excluding hydrogens is 477 g/mol. The van der Waals surface area contributed by atoms with Crippen molar-refractivity contribution in [2.75, 3.05) is 13.7 Å². The van der Waals surface area contributed by atoms with Gasteiger partial charge in [0.25, 0.3) is 5.88 Å². The van der Waals surface area contributed by atoms with Crippen LogP contribution in [0.2, 0.25) is 0 Å². The molecule has 0 saturated heterocycles. The Bertz CT molecular complexity index is 1320. The average molecular weight is 503 g/mol. The number of carbonyl (C=O) groups excluding carboxylic acids is 1. The van der Waals surface area contributed by atoms with Gasteiger partial charge in [0, 0.05) is 30.7 Å². The highest BCUT2D eigenvalue weighted by atomic mass is 19.4. The maximum absolute atomic E-state index is 13.6. The third-order valence-electron chi connectivity index (χ3n) is 5.78. The molecule has 2 atom stereocenters. The highest BCUT2D eigenvalue weighted by Crippen LogP contribution is 2.28. The summed E-state index contributed by atoms with van der Waals surface area (Å²) < 4.78 is 48.0. The van der Waals surface area contributed by atoms with Gasteiger partial charge in [0.05, 0.1) is 37.8 Å². The van der Waals surface area contributed by atoms with Gasteiger partial charge < -0.3 is 19.4 Å². The molecule has 0 fully saturated rings. The molecule has 0 saturated carbocycles. The normalized spacial score (nSPS) is 13.4. The smallest absolute Gasteiger partial charge is 0.410 e. The highest BCUT2D eigenvalue weighted by molar-refractivity contribution is 5.75. The molecule has 0 bridgehead atoms. The molecule has 4 rings (SSSR count). The number of fused-ring (bicyclic) bond motifs is 1. The van der Waals surface area contributed by atoms with Gasteiger partial charge in [0.15, 0.2) is 5.65 Å². The first-order chi connectivity index (χ1) is 17.2. The number of hydrogen-bond acceptors (Lipinski definition) is 6. The number of urea groups is 1. The van der Waals surface area contributed by atoms with Gasteiger partial charge in [-0.05, 0) is 25.5 Å². The maximum atomic E-state index is 13.6. The van der Waals surface area contributed by atoms with E-state index in [1.54, 1.807) is 42.9 Å². The largest absolute Gasteiger partial charge is 0.478 e. The number of alkyl halides is 3. The van der Waals surface area contributed by atoms with Gasteiger partial charge in [0.2, 0.25) is 0 Å². The first-order valence-corrected chi connectivity index (χ1v) is 11.2. The van der Waals surface area contributed by atoms with Crippen molar-refractivity contribution in [1.82, 2.24) is 39.6 Å². The number of benzene rings is 1. The Morgan fingerprint density at radius 3 is 2.64 bits per heavy atom. The summed E-state index contributed by atoms with van der Waals surface area (Å²) >= 11 is 0. The molecule has 3 aromatic heterocycles. The Morgan fingerprint density at radius 1 is 1.22 bits per heavy atom. The molecule has 36 heavy (non-hydrogen) atoms. The summed E-state index contributed by atoms with van der Waals surface area (Å²) in [6, 6.07) is 3.81. The highest BCUT2D eigenvalue weighted by Gasteiger charge is 2.42. The fourth-order valence-electron chi connectivity index (χ4n) is 3.87. The van der Waals surface area contributed by atoms with Crippen molar-refractivity contribution in [3.8, 4) is 17.1 Å². The maximum Gasteiger partial charge on any atom is 0.410 e. The topological polar surface area (TPSA) is 102 Å². The molecule has 4 aromatic rings. The number of ether oxygens (including phenoxy) is 1. The Kier molecular flexibility index (Phi) is 7.08. The van der Waals surface area contributed by atoms with Gasteiger partial charge in [0.1, 0.15) is 6.04 Å². The Balaban J connectivity index is 1.57. The van der Waals surface area contributed by atoms with E-state index < -0.39 is 30.8 Å². The summed E-state index contributed by atoms with van der Waals surface area (Å²) in [5.41, 5.74) is 2.67. The molecule has 1 N–H and O–H groups in total. The van der Waals surface area contributed by atoms with Crippen LogP contribution in [0.5, 0.6) is 5.88 Å². The predicted octanol–water partition coefficient (Wildman–Crippen LogP) is 3.72. The van der Waals surface area contributed by atoms with Gasteiger partial charge in [-0.25, -0.2) is 14.8 Å². The molecule has 0 aliphatic carbocycles. The van der Waals surface area contributed by atoms with Gasteiger partial charge in [-0.2, -0.15) is 28.2 Å². The van der Waals surface area contributed by atoms with E-state index in [2.05, 4.69) is 25.5 Å². The Morgan fingerprint density at radius 2 is 1.97 bits per heavy atom. The van der Waals surface area contributed by atoms with Crippen molar-refractivity contribution in [2.45, 2.75) is 38.7 Å². The molecule has 190 valence electrons. The number of aromatic nitrogens is 6. The van der Waals surface area contributed by atoms with Crippen LogP contribution in [0, 0.1) is 0 Å². The third-order valence-corrected chi connectivity index (χ3v) is 5.78. The van der Waals surface area contributed by atoms with E-state index in [9.17, 15) is 18.0 Å². The monoisotopic (exact) mass is 502 g/mol. The lowest BCUT2D eigenvalue weighted by atomic mass is 10.0. The lowest BCUT2D eigenvalue weighted by Gasteiger charge is -2.31. The number of imidazole rings is 1. The van der Waals surface area contributed by atoms with Crippen LogP contribution < -0.4 is 10.1 Å². The standard InChI is InChI=1S/C23H25F3N8O2/c1-4-33(22(35)31-19(23(24,25)26)14-34-28-8-9-29-34)15(2)16-6-5-7-17(12-16)18-13-32-11-10-27-20(32)21(30-18)36-3/h5-13,15,19H,4,14H2,1-3H3,(H,31,35). The van der Waals surface area contributed by atoms with E-state index in [4.69, 9.17) is 4.74 Å². The van der Waals surface area contributed by atoms with Crippen LogP contribution in [0.1, 0.15) is 25.5 Å². The molecule has 3 heterocycles. The van der Waals surface area contributed by atoms with Gasteiger partial charge in [-0.1, -0.05) is 18.2 Å². The van der Waals surface area contributed by atoms with Crippen molar-refractivity contribution in [3.63, 3.8) is 0 Å². The summed E-state index contributed by atoms with van der Waals surface area (Å²) in [6.07, 6.45) is 3.08. The van der Waals surface area contributed by atoms with Crippen LogP contribution in [0.15, 0.2) is 55.2 Å². The van der Waals surface area contributed by atoms with E-state index in [-0.39, 0.29) is 6.54 Å². The zero-order chi connectivity index (χ0) is 25.9. The van der Waals surface area contributed by atoms with Gasteiger partial charge in [-0.3, -0.25) is 0 Å².